The van der Waals surface area contributed by atoms with Gasteiger partial charge in [0.1, 0.15) is 0 Å². The molecule has 124 valence electrons. The molecule has 4 rings (SSSR count). The molecule has 6 heteroatoms. The zero-order chi connectivity index (χ0) is 17.2. The first kappa shape index (κ1) is 15.1. The molecule has 0 spiro atoms. The van der Waals surface area contributed by atoms with E-state index < -0.39 is 12.0 Å². The highest BCUT2D eigenvalue weighted by atomic mass is 16.4. The number of para-hydroxylation sites is 2. The smallest absolute Gasteiger partial charge is 0.213 e. The van der Waals surface area contributed by atoms with Crippen LogP contribution in [0.2, 0.25) is 0 Å². The van der Waals surface area contributed by atoms with Crippen LogP contribution < -0.4 is 15.4 Å². The lowest BCUT2D eigenvalue weighted by molar-refractivity contribution is -0.310. The molecule has 2 aromatic heterocycles. The number of carboxylic acids is 1. The van der Waals surface area contributed by atoms with Gasteiger partial charge in [0, 0.05) is 30.4 Å². The van der Waals surface area contributed by atoms with E-state index in [4.69, 9.17) is 0 Å². The number of pyridine rings is 1. The summed E-state index contributed by atoms with van der Waals surface area (Å²) in [5.74, 6) is -1.16. The highest BCUT2D eigenvalue weighted by Gasteiger charge is 2.18. The van der Waals surface area contributed by atoms with E-state index in [9.17, 15) is 9.90 Å². The largest absolute Gasteiger partial charge is 0.548 e. The van der Waals surface area contributed by atoms with Crippen LogP contribution >= 0.6 is 0 Å². The standard InChI is InChI=1S/C19H16N4O2/c24-19(25)17(9-12-10-20-11-21-12)23-18-13-5-1-3-7-15(13)22-16-8-4-2-6-14(16)18/h1-8,10-11,17H,9H2,(H,20,21)(H,22,23)(H,24,25)/t17-/m1/s1. The number of aliphatic carboxylic acids is 1. The summed E-state index contributed by atoms with van der Waals surface area (Å²) in [5.41, 5.74) is 3.38. The van der Waals surface area contributed by atoms with Crippen LogP contribution in [0.15, 0.2) is 61.1 Å². The second-order valence-corrected chi connectivity index (χ2v) is 5.89. The summed E-state index contributed by atoms with van der Waals surface area (Å²) in [5, 5.41) is 16.7. The molecule has 3 N–H and O–H groups in total. The Bertz CT molecular complexity index is 990. The molecule has 0 radical (unpaired) electrons. The summed E-state index contributed by atoms with van der Waals surface area (Å²) < 4.78 is 0. The van der Waals surface area contributed by atoms with Crippen LogP contribution in [0.25, 0.3) is 21.8 Å². The fourth-order valence-corrected chi connectivity index (χ4v) is 3.05. The average Bonchev–Trinajstić information content (AvgIpc) is 3.13. The molecule has 4 aromatic rings. The monoisotopic (exact) mass is 332 g/mol. The van der Waals surface area contributed by atoms with Crippen molar-refractivity contribution in [3.05, 3.63) is 66.7 Å². The lowest BCUT2D eigenvalue weighted by Crippen LogP contribution is -2.42. The van der Waals surface area contributed by atoms with E-state index >= 15 is 0 Å². The van der Waals surface area contributed by atoms with E-state index in [0.29, 0.717) is 0 Å². The van der Waals surface area contributed by atoms with Gasteiger partial charge in [-0.2, -0.15) is 0 Å². The fourth-order valence-electron chi connectivity index (χ4n) is 3.05. The van der Waals surface area contributed by atoms with E-state index in [-0.39, 0.29) is 6.42 Å². The quantitative estimate of drug-likeness (QED) is 0.539. The van der Waals surface area contributed by atoms with Gasteiger partial charge >= 0.3 is 0 Å². The number of anilines is 1. The van der Waals surface area contributed by atoms with Gasteiger partial charge in [0.2, 0.25) is 11.0 Å². The molecule has 2 aromatic carbocycles. The molecular formula is C19H16N4O2. The number of carbonyl (C=O) groups excluding carboxylic acids is 1. The second kappa shape index (κ2) is 6.24. The zero-order valence-electron chi connectivity index (χ0n) is 13.3. The Morgan fingerprint density at radius 3 is 2.32 bits per heavy atom. The zero-order valence-corrected chi connectivity index (χ0v) is 13.3. The number of hydrogen-bond acceptors (Lipinski definition) is 4. The van der Waals surface area contributed by atoms with E-state index in [1.54, 1.807) is 6.20 Å². The number of hydrogen-bond donors (Lipinski definition) is 2. The van der Waals surface area contributed by atoms with Gasteiger partial charge in [0.05, 0.1) is 34.8 Å². The molecule has 0 saturated carbocycles. The van der Waals surface area contributed by atoms with Crippen molar-refractivity contribution in [1.29, 1.82) is 0 Å². The minimum atomic E-state index is -1.16. The van der Waals surface area contributed by atoms with Gasteiger partial charge in [-0.15, -0.1) is 0 Å². The second-order valence-electron chi connectivity index (χ2n) is 5.89. The van der Waals surface area contributed by atoms with Crippen LogP contribution in [0, 0.1) is 0 Å². The Morgan fingerprint density at radius 2 is 1.76 bits per heavy atom. The SMILES string of the molecule is O=C([O-])[C@@H](Cc1cnc[nH]1)Nc1c2ccccc2[nH+]c2ccccc12. The molecule has 0 amide bonds. The van der Waals surface area contributed by atoms with E-state index in [1.165, 1.54) is 6.33 Å². The van der Waals surface area contributed by atoms with Gasteiger partial charge in [-0.3, -0.25) is 0 Å². The maximum Gasteiger partial charge on any atom is 0.213 e. The minimum Gasteiger partial charge on any atom is -0.548 e. The minimum absolute atomic E-state index is 0.254. The highest BCUT2D eigenvalue weighted by molar-refractivity contribution is 6.05. The van der Waals surface area contributed by atoms with Crippen molar-refractivity contribution < 1.29 is 14.9 Å². The maximum absolute atomic E-state index is 11.7. The first-order chi connectivity index (χ1) is 12.2. The summed E-state index contributed by atoms with van der Waals surface area (Å²) in [6.45, 7) is 0. The molecule has 0 aliphatic rings. The number of benzene rings is 2. The Balaban J connectivity index is 1.84. The summed E-state index contributed by atoms with van der Waals surface area (Å²) in [6.07, 6.45) is 3.40. The normalized spacial score (nSPS) is 12.3. The number of carbonyl (C=O) groups is 1. The molecule has 0 unspecified atom stereocenters. The average molecular weight is 332 g/mol. The van der Waals surface area contributed by atoms with Gasteiger partial charge in [0.15, 0.2) is 0 Å². The molecule has 6 nitrogen and oxygen atoms in total. The number of nitrogens with zero attached hydrogens (tertiary/aromatic N) is 1. The van der Waals surface area contributed by atoms with Gasteiger partial charge < -0.3 is 20.2 Å². The predicted octanol–water partition coefficient (Wildman–Crippen LogP) is 1.30. The Kier molecular flexibility index (Phi) is 3.78. The van der Waals surface area contributed by atoms with E-state index in [2.05, 4.69) is 20.3 Å². The molecule has 0 saturated heterocycles. The lowest BCUT2D eigenvalue weighted by atomic mass is 10.1. The van der Waals surface area contributed by atoms with Crippen molar-refractivity contribution in [2.75, 3.05) is 5.32 Å². The summed E-state index contributed by atoms with van der Waals surface area (Å²) in [6, 6.07) is 14.7. The van der Waals surface area contributed by atoms with Crippen molar-refractivity contribution in [3.8, 4) is 0 Å². The van der Waals surface area contributed by atoms with Gasteiger partial charge in [-0.25, -0.2) is 9.97 Å². The van der Waals surface area contributed by atoms with Crippen molar-refractivity contribution in [3.63, 3.8) is 0 Å². The molecule has 1 atom stereocenters. The molecule has 0 bridgehead atoms. The third kappa shape index (κ3) is 2.89. The van der Waals surface area contributed by atoms with E-state index in [1.807, 2.05) is 48.5 Å². The van der Waals surface area contributed by atoms with Crippen LogP contribution in [0.4, 0.5) is 5.69 Å². The summed E-state index contributed by atoms with van der Waals surface area (Å²) >= 11 is 0. The molecule has 0 aliphatic carbocycles. The summed E-state index contributed by atoms with van der Waals surface area (Å²) in [4.78, 5) is 21.9. The molecular weight excluding hydrogens is 316 g/mol. The molecule has 25 heavy (non-hydrogen) atoms. The van der Waals surface area contributed by atoms with Crippen LogP contribution in [0.3, 0.4) is 0 Å². The van der Waals surface area contributed by atoms with Gasteiger partial charge in [0.25, 0.3) is 0 Å². The third-order valence-electron chi connectivity index (χ3n) is 4.24. The molecule has 2 heterocycles. The first-order valence-electron chi connectivity index (χ1n) is 8.00. The van der Waals surface area contributed by atoms with Gasteiger partial charge in [-0.05, 0) is 12.1 Å². The van der Waals surface area contributed by atoms with Crippen LogP contribution in [-0.2, 0) is 11.2 Å². The number of aromatic nitrogens is 3. The van der Waals surface area contributed by atoms with Gasteiger partial charge in [-0.1, -0.05) is 24.3 Å². The topological polar surface area (TPSA) is 95.0 Å². The summed E-state index contributed by atoms with van der Waals surface area (Å²) in [7, 11) is 0. The third-order valence-corrected chi connectivity index (χ3v) is 4.24. The Labute approximate surface area is 143 Å². The number of rotatable bonds is 5. The predicted molar refractivity (Wildman–Crippen MR) is 92.7 cm³/mol. The van der Waals surface area contributed by atoms with Crippen molar-refractivity contribution >= 4 is 33.5 Å². The molecule has 0 fully saturated rings. The number of nitrogens with one attached hydrogen (secondary N) is 3. The number of fused-ring (bicyclic) bond motifs is 2. The Morgan fingerprint density at radius 1 is 1.12 bits per heavy atom. The highest BCUT2D eigenvalue weighted by Crippen LogP contribution is 2.29. The number of aromatic amines is 2. The van der Waals surface area contributed by atoms with Crippen LogP contribution in [0.5, 0.6) is 0 Å². The first-order valence-corrected chi connectivity index (χ1v) is 8.00. The lowest BCUT2D eigenvalue weighted by Gasteiger charge is -2.21. The van der Waals surface area contributed by atoms with Crippen molar-refractivity contribution in [1.82, 2.24) is 9.97 Å². The Hall–Kier alpha value is -3.41. The van der Waals surface area contributed by atoms with Crippen molar-refractivity contribution in [2.24, 2.45) is 0 Å². The number of imidazole rings is 1. The van der Waals surface area contributed by atoms with E-state index in [0.717, 1.165) is 33.2 Å². The van der Waals surface area contributed by atoms with Crippen molar-refractivity contribution in [2.45, 2.75) is 12.5 Å². The number of carboxylic acid groups (broad SMARTS) is 1. The molecule has 0 aliphatic heterocycles. The fraction of sp³-hybridized carbons (Fsp3) is 0.105. The number of H-pyrrole nitrogens is 2. The van der Waals surface area contributed by atoms with Crippen LogP contribution in [-0.4, -0.2) is 22.0 Å². The maximum atomic E-state index is 11.7. The van der Waals surface area contributed by atoms with Crippen LogP contribution in [0.1, 0.15) is 5.69 Å².